The fraction of sp³-hybridized carbons (Fsp3) is 0.222. The van der Waals surface area contributed by atoms with E-state index in [1.54, 1.807) is 5.32 Å². The van der Waals surface area contributed by atoms with Crippen LogP contribution in [0.25, 0.3) is 0 Å². The molecule has 0 spiro atoms. The largest absolute Gasteiger partial charge is 0.346 e. The van der Waals surface area contributed by atoms with Gasteiger partial charge in [0.15, 0.2) is 0 Å². The minimum Gasteiger partial charge on any atom is -0.346 e. The summed E-state index contributed by atoms with van der Waals surface area (Å²) in [5.74, 6) is -3.18. The highest BCUT2D eigenvalue weighted by atomic mass is 35.5. The molecule has 0 atom stereocenters. The highest BCUT2D eigenvalue weighted by Crippen LogP contribution is 2.19. The van der Waals surface area contributed by atoms with Gasteiger partial charge in [-0.05, 0) is 12.1 Å². The lowest BCUT2D eigenvalue weighted by atomic mass is 10.2. The van der Waals surface area contributed by atoms with Crippen LogP contribution in [0.1, 0.15) is 10.4 Å². The highest BCUT2D eigenvalue weighted by Gasteiger charge is 2.16. The molecule has 16 heavy (non-hydrogen) atoms. The SMILES string of the molecule is O=C(NCC(F)F)c1cc(F)c(Cl)cc1F. The zero-order valence-corrected chi connectivity index (χ0v) is 8.49. The number of amides is 1. The third-order valence-corrected chi connectivity index (χ3v) is 1.96. The summed E-state index contributed by atoms with van der Waals surface area (Å²) >= 11 is 5.25. The average molecular weight is 256 g/mol. The molecule has 1 rings (SSSR count). The van der Waals surface area contributed by atoms with Gasteiger partial charge in [-0.3, -0.25) is 4.79 Å². The maximum atomic E-state index is 13.1. The predicted molar refractivity (Wildman–Crippen MR) is 49.7 cm³/mol. The van der Waals surface area contributed by atoms with E-state index in [2.05, 4.69) is 0 Å². The number of carbonyl (C=O) groups is 1. The average Bonchev–Trinajstić information content (AvgIpc) is 2.20. The van der Waals surface area contributed by atoms with Crippen molar-refractivity contribution in [3.8, 4) is 0 Å². The van der Waals surface area contributed by atoms with E-state index in [0.29, 0.717) is 12.1 Å². The van der Waals surface area contributed by atoms with Crippen molar-refractivity contribution in [2.75, 3.05) is 6.54 Å². The molecular formula is C9H6ClF4NO. The van der Waals surface area contributed by atoms with Crippen molar-refractivity contribution in [2.24, 2.45) is 0 Å². The molecule has 2 nitrogen and oxygen atoms in total. The summed E-state index contributed by atoms with van der Waals surface area (Å²) in [7, 11) is 0. The third kappa shape index (κ3) is 3.10. The summed E-state index contributed by atoms with van der Waals surface area (Å²) in [6.45, 7) is -0.928. The molecule has 0 saturated heterocycles. The second-order valence-corrected chi connectivity index (χ2v) is 3.25. The van der Waals surface area contributed by atoms with Crippen molar-refractivity contribution >= 4 is 17.5 Å². The normalized spacial score (nSPS) is 10.6. The van der Waals surface area contributed by atoms with Gasteiger partial charge in [0.05, 0.1) is 17.1 Å². The standard InChI is InChI=1S/C9H6ClF4NO/c10-5-2-6(11)4(1-7(5)12)9(16)15-3-8(13)14/h1-2,8H,3H2,(H,15,16). The summed E-state index contributed by atoms with van der Waals surface area (Å²) < 4.78 is 49.5. The maximum Gasteiger partial charge on any atom is 0.255 e. The van der Waals surface area contributed by atoms with Crippen LogP contribution in [0.5, 0.6) is 0 Å². The number of nitrogens with one attached hydrogen (secondary N) is 1. The number of halogens is 5. The summed E-state index contributed by atoms with van der Waals surface area (Å²) in [5, 5.41) is 1.26. The van der Waals surface area contributed by atoms with Crippen LogP contribution >= 0.6 is 11.6 Å². The highest BCUT2D eigenvalue weighted by molar-refractivity contribution is 6.30. The molecule has 0 aromatic heterocycles. The molecule has 0 aliphatic carbocycles. The molecule has 1 aromatic carbocycles. The molecule has 0 aliphatic heterocycles. The molecule has 0 bridgehead atoms. The number of benzene rings is 1. The van der Waals surface area contributed by atoms with Crippen LogP contribution in [0, 0.1) is 11.6 Å². The van der Waals surface area contributed by atoms with Crippen LogP contribution in [0.4, 0.5) is 17.6 Å². The van der Waals surface area contributed by atoms with Crippen LogP contribution in [0.2, 0.25) is 5.02 Å². The fourth-order valence-corrected chi connectivity index (χ4v) is 1.11. The lowest BCUT2D eigenvalue weighted by Gasteiger charge is -2.06. The number of carbonyl (C=O) groups excluding carboxylic acids is 1. The second kappa shape index (κ2) is 5.16. The van der Waals surface area contributed by atoms with Crippen LogP contribution in [-0.2, 0) is 0 Å². The van der Waals surface area contributed by atoms with Gasteiger partial charge in [0.25, 0.3) is 12.3 Å². The predicted octanol–water partition coefficient (Wildman–Crippen LogP) is 2.61. The van der Waals surface area contributed by atoms with E-state index in [1.807, 2.05) is 0 Å². The molecule has 0 aliphatic rings. The van der Waals surface area contributed by atoms with Gasteiger partial charge in [-0.15, -0.1) is 0 Å². The molecule has 0 saturated carbocycles. The van der Waals surface area contributed by atoms with E-state index in [-0.39, 0.29) is 0 Å². The minimum absolute atomic E-state index is 0.483. The van der Waals surface area contributed by atoms with Gasteiger partial charge in [0.2, 0.25) is 0 Å². The Labute approximate surface area is 93.2 Å². The zero-order chi connectivity index (χ0) is 12.3. The third-order valence-electron chi connectivity index (χ3n) is 1.67. The number of hydrogen-bond donors (Lipinski definition) is 1. The van der Waals surface area contributed by atoms with Crippen LogP contribution < -0.4 is 5.32 Å². The van der Waals surface area contributed by atoms with Gasteiger partial charge in [-0.2, -0.15) is 0 Å². The van der Waals surface area contributed by atoms with E-state index in [9.17, 15) is 22.4 Å². The molecule has 1 aromatic rings. The van der Waals surface area contributed by atoms with Gasteiger partial charge in [-0.25, -0.2) is 17.6 Å². The van der Waals surface area contributed by atoms with Crippen molar-refractivity contribution < 1.29 is 22.4 Å². The number of rotatable bonds is 3. The fourth-order valence-electron chi connectivity index (χ4n) is 0.962. The molecule has 7 heteroatoms. The summed E-state index contributed by atoms with van der Waals surface area (Å²) in [6, 6.07) is 1.16. The Morgan fingerprint density at radius 2 is 1.94 bits per heavy atom. The Morgan fingerprint density at radius 1 is 1.31 bits per heavy atom. The molecule has 1 amide bonds. The van der Waals surface area contributed by atoms with Gasteiger partial charge in [0.1, 0.15) is 11.6 Å². The van der Waals surface area contributed by atoms with Crippen LogP contribution in [0.3, 0.4) is 0 Å². The summed E-state index contributed by atoms with van der Waals surface area (Å²) in [4.78, 5) is 11.1. The molecule has 0 unspecified atom stereocenters. The number of alkyl halides is 2. The first-order valence-corrected chi connectivity index (χ1v) is 4.50. The maximum absolute atomic E-state index is 13.1. The smallest absolute Gasteiger partial charge is 0.255 e. The first-order chi connectivity index (χ1) is 7.41. The molecule has 0 radical (unpaired) electrons. The second-order valence-electron chi connectivity index (χ2n) is 2.85. The topological polar surface area (TPSA) is 29.1 Å². The Hall–Kier alpha value is -1.30. The quantitative estimate of drug-likeness (QED) is 0.653. The minimum atomic E-state index is -2.76. The van der Waals surface area contributed by atoms with E-state index in [4.69, 9.17) is 11.6 Å². The van der Waals surface area contributed by atoms with E-state index >= 15 is 0 Å². The van der Waals surface area contributed by atoms with Crippen molar-refractivity contribution in [2.45, 2.75) is 6.43 Å². The Kier molecular flexibility index (Phi) is 4.12. The monoisotopic (exact) mass is 255 g/mol. The van der Waals surface area contributed by atoms with E-state index < -0.39 is 41.1 Å². The molecule has 88 valence electrons. The van der Waals surface area contributed by atoms with Gasteiger partial charge < -0.3 is 5.32 Å². The molecular weight excluding hydrogens is 250 g/mol. The van der Waals surface area contributed by atoms with Gasteiger partial charge >= 0.3 is 0 Å². The summed E-state index contributed by atoms with van der Waals surface area (Å²) in [6.07, 6.45) is -2.76. The lowest BCUT2D eigenvalue weighted by Crippen LogP contribution is -2.29. The van der Waals surface area contributed by atoms with Crippen molar-refractivity contribution in [1.29, 1.82) is 0 Å². The Bertz CT molecular complexity index is 411. The van der Waals surface area contributed by atoms with E-state index in [0.717, 1.165) is 0 Å². The first-order valence-electron chi connectivity index (χ1n) is 4.12. The first kappa shape index (κ1) is 12.8. The zero-order valence-electron chi connectivity index (χ0n) is 7.74. The summed E-state index contributed by atoms with van der Waals surface area (Å²) in [5.41, 5.74) is -0.664. The van der Waals surface area contributed by atoms with Crippen molar-refractivity contribution in [3.05, 3.63) is 34.4 Å². The van der Waals surface area contributed by atoms with Crippen molar-refractivity contribution in [3.63, 3.8) is 0 Å². The molecule has 0 heterocycles. The van der Waals surface area contributed by atoms with E-state index in [1.165, 1.54) is 0 Å². The van der Waals surface area contributed by atoms with Crippen molar-refractivity contribution in [1.82, 2.24) is 5.32 Å². The Morgan fingerprint density at radius 3 is 2.50 bits per heavy atom. The lowest BCUT2D eigenvalue weighted by molar-refractivity contribution is 0.0887. The molecule has 1 N–H and O–H groups in total. The Balaban J connectivity index is 2.87. The van der Waals surface area contributed by atoms with Gasteiger partial charge in [0, 0.05) is 0 Å². The number of hydrogen-bond acceptors (Lipinski definition) is 1. The van der Waals surface area contributed by atoms with Crippen LogP contribution in [-0.4, -0.2) is 18.9 Å². The van der Waals surface area contributed by atoms with Gasteiger partial charge in [-0.1, -0.05) is 11.6 Å². The van der Waals surface area contributed by atoms with Crippen LogP contribution in [0.15, 0.2) is 12.1 Å². The molecule has 0 fully saturated rings.